The zero-order chi connectivity index (χ0) is 16.8. The number of hydrogen-bond acceptors (Lipinski definition) is 7. The van der Waals surface area contributed by atoms with Crippen LogP contribution in [0.3, 0.4) is 0 Å². The van der Waals surface area contributed by atoms with E-state index >= 15 is 0 Å². The van der Waals surface area contributed by atoms with Crippen molar-refractivity contribution < 1.29 is 4.79 Å². The van der Waals surface area contributed by atoms with Gasteiger partial charge in [0.1, 0.15) is 5.01 Å². The van der Waals surface area contributed by atoms with Crippen LogP contribution >= 0.6 is 23.1 Å². The smallest absolute Gasteiger partial charge is 0.273 e. The molecule has 0 radical (unpaired) electrons. The van der Waals surface area contributed by atoms with Gasteiger partial charge in [-0.3, -0.25) is 4.79 Å². The molecule has 24 heavy (non-hydrogen) atoms. The maximum atomic E-state index is 12.1. The number of carbonyl (C=O) groups is 1. The summed E-state index contributed by atoms with van der Waals surface area (Å²) in [6, 6.07) is 9.56. The molecule has 1 aromatic carbocycles. The number of nitrogens with one attached hydrogen (secondary N) is 1. The predicted octanol–water partition coefficient (Wildman–Crippen LogP) is 2.34. The van der Waals surface area contributed by atoms with E-state index in [1.54, 1.807) is 34.0 Å². The Morgan fingerprint density at radius 1 is 1.25 bits per heavy atom. The van der Waals surface area contributed by atoms with Gasteiger partial charge in [-0.05, 0) is 25.5 Å². The zero-order valence-electron chi connectivity index (χ0n) is 13.0. The van der Waals surface area contributed by atoms with Crippen molar-refractivity contribution >= 4 is 29.0 Å². The van der Waals surface area contributed by atoms with Crippen molar-refractivity contribution in [3.05, 3.63) is 47.2 Å². The minimum Gasteiger partial charge on any atom is -0.351 e. The van der Waals surface area contributed by atoms with Gasteiger partial charge in [0.25, 0.3) is 5.91 Å². The quantitative estimate of drug-likeness (QED) is 0.514. The molecule has 2 heterocycles. The van der Waals surface area contributed by atoms with Crippen molar-refractivity contribution in [2.24, 2.45) is 0 Å². The van der Waals surface area contributed by atoms with Gasteiger partial charge in [-0.15, -0.1) is 15.3 Å². The van der Waals surface area contributed by atoms with Crippen molar-refractivity contribution in [3.8, 4) is 5.69 Å². The third-order valence-electron chi connectivity index (χ3n) is 3.09. The van der Waals surface area contributed by atoms with Crippen LogP contribution in [-0.2, 0) is 0 Å². The fourth-order valence-corrected chi connectivity index (χ4v) is 3.76. The van der Waals surface area contributed by atoms with Crippen molar-refractivity contribution in [2.75, 3.05) is 12.3 Å². The molecular weight excluding hydrogens is 344 g/mol. The van der Waals surface area contributed by atoms with E-state index in [0.29, 0.717) is 12.2 Å². The van der Waals surface area contributed by atoms with Crippen LogP contribution in [0.2, 0.25) is 0 Å². The molecule has 0 aliphatic heterocycles. The number of rotatable bonds is 7. The van der Waals surface area contributed by atoms with E-state index in [9.17, 15) is 4.79 Å². The van der Waals surface area contributed by atoms with Gasteiger partial charge >= 0.3 is 0 Å². The maximum Gasteiger partial charge on any atom is 0.273 e. The highest BCUT2D eigenvalue weighted by molar-refractivity contribution is 8.01. The number of carbonyl (C=O) groups excluding carboxylic acids is 1. The van der Waals surface area contributed by atoms with Gasteiger partial charge in [-0.25, -0.2) is 4.68 Å². The lowest BCUT2D eigenvalue weighted by Gasteiger charge is -2.01. The highest BCUT2D eigenvalue weighted by atomic mass is 32.2. The fraction of sp³-hybridized carbons (Fsp3) is 0.267. The van der Waals surface area contributed by atoms with Gasteiger partial charge in [0, 0.05) is 12.3 Å². The monoisotopic (exact) mass is 360 g/mol. The molecule has 0 unspecified atom stereocenters. The molecule has 0 fully saturated rings. The summed E-state index contributed by atoms with van der Waals surface area (Å²) in [6.45, 7) is 2.52. The number of nitrogens with zero attached hydrogens (tertiary/aromatic N) is 5. The fourth-order valence-electron chi connectivity index (χ4n) is 1.94. The van der Waals surface area contributed by atoms with E-state index < -0.39 is 0 Å². The van der Waals surface area contributed by atoms with E-state index in [-0.39, 0.29) is 5.91 Å². The molecule has 3 aromatic rings. The number of benzene rings is 1. The lowest BCUT2D eigenvalue weighted by atomic mass is 10.3. The van der Waals surface area contributed by atoms with E-state index in [4.69, 9.17) is 0 Å². The third kappa shape index (κ3) is 4.39. The van der Waals surface area contributed by atoms with Gasteiger partial charge in [0.15, 0.2) is 10.0 Å². The van der Waals surface area contributed by atoms with Crippen LogP contribution in [0.1, 0.15) is 21.9 Å². The van der Waals surface area contributed by atoms with E-state index in [2.05, 4.69) is 25.8 Å². The summed E-state index contributed by atoms with van der Waals surface area (Å²) < 4.78 is 2.55. The molecule has 2 aromatic heterocycles. The summed E-state index contributed by atoms with van der Waals surface area (Å²) in [5.41, 5.74) is 1.18. The maximum absolute atomic E-state index is 12.1. The van der Waals surface area contributed by atoms with E-state index in [1.807, 2.05) is 37.3 Å². The van der Waals surface area contributed by atoms with Gasteiger partial charge in [-0.1, -0.05) is 46.5 Å². The molecule has 0 bridgehead atoms. The summed E-state index contributed by atoms with van der Waals surface area (Å²) in [5, 5.41) is 19.7. The molecular formula is C15H16N6OS2. The van der Waals surface area contributed by atoms with Crippen LogP contribution in [0.25, 0.3) is 5.69 Å². The Hall–Kier alpha value is -2.26. The van der Waals surface area contributed by atoms with Crippen LogP contribution in [0.4, 0.5) is 0 Å². The first kappa shape index (κ1) is 16.6. The molecule has 0 saturated heterocycles. The predicted molar refractivity (Wildman–Crippen MR) is 93.7 cm³/mol. The molecule has 0 aliphatic rings. The Morgan fingerprint density at radius 2 is 2.08 bits per heavy atom. The molecule has 0 spiro atoms. The van der Waals surface area contributed by atoms with Gasteiger partial charge in [0.05, 0.1) is 11.9 Å². The largest absolute Gasteiger partial charge is 0.351 e. The number of thioether (sulfide) groups is 1. The second-order valence-electron chi connectivity index (χ2n) is 4.93. The molecule has 0 saturated carbocycles. The summed E-state index contributed by atoms with van der Waals surface area (Å²) in [7, 11) is 0. The second kappa shape index (κ2) is 8.02. The standard InChI is InChI=1S/C15H16N6OS2/c1-11-17-19-15(24-11)23-9-5-8-16-14(22)13-10-21(20-18-13)12-6-3-2-4-7-12/h2-4,6-7,10H,5,8-9H2,1H3,(H,16,22). The Bertz CT molecular complexity index is 801. The van der Waals surface area contributed by atoms with Crippen molar-refractivity contribution in [1.29, 1.82) is 0 Å². The molecule has 9 heteroatoms. The van der Waals surface area contributed by atoms with Gasteiger partial charge in [0.2, 0.25) is 0 Å². The van der Waals surface area contributed by atoms with Crippen molar-refractivity contribution in [1.82, 2.24) is 30.5 Å². The highest BCUT2D eigenvalue weighted by Gasteiger charge is 2.10. The molecule has 3 rings (SSSR count). The van der Waals surface area contributed by atoms with Crippen molar-refractivity contribution in [2.45, 2.75) is 17.7 Å². The van der Waals surface area contributed by atoms with Crippen LogP contribution in [0.15, 0.2) is 40.9 Å². The number of aromatic nitrogens is 5. The number of amides is 1. The Morgan fingerprint density at radius 3 is 2.83 bits per heavy atom. The minimum atomic E-state index is -0.214. The van der Waals surface area contributed by atoms with Crippen LogP contribution in [0.5, 0.6) is 0 Å². The number of hydrogen-bond donors (Lipinski definition) is 1. The summed E-state index contributed by atoms with van der Waals surface area (Å²) in [6.07, 6.45) is 2.48. The highest BCUT2D eigenvalue weighted by Crippen LogP contribution is 2.21. The van der Waals surface area contributed by atoms with Gasteiger partial charge in [-0.2, -0.15) is 0 Å². The number of para-hydroxylation sites is 1. The first-order chi connectivity index (χ1) is 11.7. The first-order valence-electron chi connectivity index (χ1n) is 7.41. The van der Waals surface area contributed by atoms with Crippen LogP contribution in [0, 0.1) is 6.92 Å². The molecule has 1 amide bonds. The third-order valence-corrected chi connectivity index (χ3v) is 5.14. The molecule has 124 valence electrons. The molecule has 0 atom stereocenters. The van der Waals surface area contributed by atoms with Crippen molar-refractivity contribution in [3.63, 3.8) is 0 Å². The molecule has 0 aliphatic carbocycles. The Kier molecular flexibility index (Phi) is 5.55. The average molecular weight is 360 g/mol. The lowest BCUT2D eigenvalue weighted by molar-refractivity contribution is 0.0948. The average Bonchev–Trinajstić information content (AvgIpc) is 3.24. The summed E-state index contributed by atoms with van der Waals surface area (Å²) in [5.74, 6) is 0.667. The zero-order valence-corrected chi connectivity index (χ0v) is 14.7. The minimum absolute atomic E-state index is 0.214. The number of aryl methyl sites for hydroxylation is 1. The van der Waals surface area contributed by atoms with E-state index in [1.165, 1.54) is 0 Å². The Balaban J connectivity index is 1.43. The molecule has 7 nitrogen and oxygen atoms in total. The van der Waals surface area contributed by atoms with Crippen LogP contribution in [-0.4, -0.2) is 43.4 Å². The Labute approximate surface area is 147 Å². The summed E-state index contributed by atoms with van der Waals surface area (Å²) >= 11 is 3.23. The van der Waals surface area contributed by atoms with E-state index in [0.717, 1.165) is 27.2 Å². The molecule has 1 N–H and O–H groups in total. The SMILES string of the molecule is Cc1nnc(SCCCNC(=O)c2cn(-c3ccccc3)nn2)s1. The normalized spacial score (nSPS) is 10.7. The first-order valence-corrected chi connectivity index (χ1v) is 9.21. The summed E-state index contributed by atoms with van der Waals surface area (Å²) in [4.78, 5) is 12.1. The lowest BCUT2D eigenvalue weighted by Crippen LogP contribution is -2.25. The van der Waals surface area contributed by atoms with Crippen LogP contribution < -0.4 is 5.32 Å². The second-order valence-corrected chi connectivity index (χ2v) is 7.45. The van der Waals surface area contributed by atoms with Gasteiger partial charge < -0.3 is 5.32 Å². The topological polar surface area (TPSA) is 85.6 Å².